The molecule has 5 nitrogen and oxygen atoms in total. The molecule has 0 N–H and O–H groups in total. The Morgan fingerprint density at radius 1 is 1.18 bits per heavy atom. The quantitative estimate of drug-likeness (QED) is 0.764. The zero-order valence-corrected chi connectivity index (χ0v) is 17.0. The number of nitrogens with zero attached hydrogens (tertiary/aromatic N) is 2. The number of piperidine rings is 1. The van der Waals surface area contributed by atoms with Crippen molar-refractivity contribution in [1.29, 1.82) is 0 Å². The number of hydrogen-bond donors (Lipinski definition) is 0. The van der Waals surface area contributed by atoms with Gasteiger partial charge in [-0.15, -0.1) is 0 Å². The van der Waals surface area contributed by atoms with E-state index in [2.05, 4.69) is 0 Å². The van der Waals surface area contributed by atoms with Crippen LogP contribution in [0.5, 0.6) is 0 Å². The van der Waals surface area contributed by atoms with E-state index >= 15 is 0 Å². The molecule has 1 saturated heterocycles. The monoisotopic (exact) mass is 404 g/mol. The molecule has 2 aromatic carbocycles. The Hall–Kier alpha value is -2.25. The summed E-state index contributed by atoms with van der Waals surface area (Å²) < 4.78 is 41.4. The van der Waals surface area contributed by atoms with Gasteiger partial charge in [-0.1, -0.05) is 30.7 Å². The summed E-state index contributed by atoms with van der Waals surface area (Å²) in [5.41, 5.74) is 0.675. The van der Waals surface area contributed by atoms with Crippen LogP contribution in [0.3, 0.4) is 0 Å². The summed E-state index contributed by atoms with van der Waals surface area (Å²) in [6.07, 6.45) is 2.70. The van der Waals surface area contributed by atoms with Gasteiger partial charge in [-0.25, -0.2) is 12.8 Å². The van der Waals surface area contributed by atoms with Gasteiger partial charge in [0.2, 0.25) is 10.0 Å². The molecule has 0 bridgehead atoms. The molecule has 0 spiro atoms. The lowest BCUT2D eigenvalue weighted by molar-refractivity contribution is 0.0783. The molecule has 3 rings (SSSR count). The molecule has 0 radical (unpaired) electrons. The average molecular weight is 405 g/mol. The maximum absolute atomic E-state index is 13.9. The molecule has 1 fully saturated rings. The molecule has 1 heterocycles. The second kappa shape index (κ2) is 8.41. The first-order valence-corrected chi connectivity index (χ1v) is 10.9. The van der Waals surface area contributed by atoms with Crippen LogP contribution in [0, 0.1) is 5.82 Å². The van der Waals surface area contributed by atoms with E-state index in [0.717, 1.165) is 19.3 Å². The molecule has 1 amide bonds. The Morgan fingerprint density at radius 2 is 1.93 bits per heavy atom. The van der Waals surface area contributed by atoms with Crippen molar-refractivity contribution in [1.82, 2.24) is 9.21 Å². The summed E-state index contributed by atoms with van der Waals surface area (Å²) in [5.74, 6) is -0.732. The second-order valence-electron chi connectivity index (χ2n) is 7.24. The standard InChI is InChI=1S/C21H25FN2O3S/c1-16-8-5-6-13-24(16)28(26,27)19-11-7-10-17(14-19)21(25)23(2)15-18-9-3-4-12-20(18)22/h3-4,7,9-12,14,16H,5-6,8,13,15H2,1-2H3. The van der Waals surface area contributed by atoms with Gasteiger partial charge in [0.05, 0.1) is 4.90 Å². The van der Waals surface area contributed by atoms with E-state index in [0.29, 0.717) is 12.1 Å². The minimum Gasteiger partial charge on any atom is -0.337 e. The van der Waals surface area contributed by atoms with Crippen LogP contribution in [0.2, 0.25) is 0 Å². The smallest absolute Gasteiger partial charge is 0.253 e. The molecule has 1 unspecified atom stereocenters. The normalized spacial score (nSPS) is 18.0. The summed E-state index contributed by atoms with van der Waals surface area (Å²) in [4.78, 5) is 14.3. The van der Waals surface area contributed by atoms with E-state index < -0.39 is 10.0 Å². The maximum atomic E-state index is 13.9. The van der Waals surface area contributed by atoms with E-state index in [1.54, 1.807) is 37.4 Å². The third-order valence-electron chi connectivity index (χ3n) is 5.14. The first-order chi connectivity index (χ1) is 13.3. The first kappa shape index (κ1) is 20.5. The van der Waals surface area contributed by atoms with Crippen molar-refractivity contribution >= 4 is 15.9 Å². The Balaban J connectivity index is 1.82. The molecule has 28 heavy (non-hydrogen) atoms. The predicted octanol–water partition coefficient (Wildman–Crippen LogP) is 3.66. The summed E-state index contributed by atoms with van der Waals surface area (Å²) in [7, 11) is -2.08. The van der Waals surface area contributed by atoms with Crippen LogP contribution < -0.4 is 0 Å². The van der Waals surface area contributed by atoms with Gasteiger partial charge in [-0.2, -0.15) is 4.31 Å². The van der Waals surface area contributed by atoms with Gasteiger partial charge in [0.25, 0.3) is 5.91 Å². The predicted molar refractivity (Wildman–Crippen MR) is 106 cm³/mol. The highest BCUT2D eigenvalue weighted by molar-refractivity contribution is 7.89. The Kier molecular flexibility index (Phi) is 6.15. The van der Waals surface area contributed by atoms with Crippen molar-refractivity contribution in [2.24, 2.45) is 0 Å². The Labute approximate surface area is 165 Å². The molecule has 1 atom stereocenters. The molecule has 0 saturated carbocycles. The number of sulfonamides is 1. The van der Waals surface area contributed by atoms with Crippen LogP contribution in [-0.2, 0) is 16.6 Å². The topological polar surface area (TPSA) is 57.7 Å². The third-order valence-corrected chi connectivity index (χ3v) is 7.15. The van der Waals surface area contributed by atoms with Crippen molar-refractivity contribution in [3.63, 3.8) is 0 Å². The van der Waals surface area contributed by atoms with Crippen LogP contribution >= 0.6 is 0 Å². The van der Waals surface area contributed by atoms with Gasteiger partial charge < -0.3 is 4.90 Å². The lowest BCUT2D eigenvalue weighted by atomic mass is 10.1. The van der Waals surface area contributed by atoms with Crippen LogP contribution in [0.25, 0.3) is 0 Å². The van der Waals surface area contributed by atoms with Crippen molar-refractivity contribution in [2.75, 3.05) is 13.6 Å². The number of carbonyl (C=O) groups excluding carboxylic acids is 1. The number of hydrogen-bond acceptors (Lipinski definition) is 3. The Bertz CT molecular complexity index is 962. The van der Waals surface area contributed by atoms with E-state index in [1.807, 2.05) is 6.92 Å². The third kappa shape index (κ3) is 4.25. The number of amides is 1. The molecule has 2 aromatic rings. The Morgan fingerprint density at radius 3 is 2.64 bits per heavy atom. The van der Waals surface area contributed by atoms with Gasteiger partial charge in [-0.3, -0.25) is 4.79 Å². The average Bonchev–Trinajstić information content (AvgIpc) is 2.69. The largest absolute Gasteiger partial charge is 0.337 e. The molecule has 150 valence electrons. The molecule has 7 heteroatoms. The number of carbonyl (C=O) groups is 1. The van der Waals surface area contributed by atoms with Gasteiger partial charge in [0, 0.05) is 37.3 Å². The minimum atomic E-state index is -3.66. The molecular weight excluding hydrogens is 379 g/mol. The molecule has 1 aliphatic rings. The summed E-state index contributed by atoms with van der Waals surface area (Å²) >= 11 is 0. The number of halogens is 1. The van der Waals surface area contributed by atoms with Crippen LogP contribution in [0.4, 0.5) is 4.39 Å². The van der Waals surface area contributed by atoms with E-state index in [9.17, 15) is 17.6 Å². The highest BCUT2D eigenvalue weighted by Crippen LogP contribution is 2.26. The van der Waals surface area contributed by atoms with Crippen molar-refractivity contribution in [3.05, 3.63) is 65.5 Å². The zero-order chi connectivity index (χ0) is 20.3. The van der Waals surface area contributed by atoms with Crippen LogP contribution in [-0.4, -0.2) is 43.2 Å². The second-order valence-corrected chi connectivity index (χ2v) is 9.13. The van der Waals surface area contributed by atoms with Gasteiger partial charge in [0.1, 0.15) is 5.82 Å². The summed E-state index contributed by atoms with van der Waals surface area (Å²) in [6.45, 7) is 2.51. The van der Waals surface area contributed by atoms with Gasteiger partial charge in [-0.05, 0) is 44.0 Å². The highest BCUT2D eigenvalue weighted by Gasteiger charge is 2.31. The fraction of sp³-hybridized carbons (Fsp3) is 0.381. The molecule has 0 aliphatic carbocycles. The first-order valence-electron chi connectivity index (χ1n) is 9.41. The molecular formula is C21H25FN2O3S. The maximum Gasteiger partial charge on any atom is 0.253 e. The fourth-order valence-corrected chi connectivity index (χ4v) is 5.27. The van der Waals surface area contributed by atoms with Gasteiger partial charge in [0.15, 0.2) is 0 Å². The lowest BCUT2D eigenvalue weighted by Gasteiger charge is -2.32. The van der Waals surface area contributed by atoms with E-state index in [4.69, 9.17) is 0 Å². The zero-order valence-electron chi connectivity index (χ0n) is 16.1. The fourth-order valence-electron chi connectivity index (χ4n) is 3.53. The van der Waals surface area contributed by atoms with Crippen molar-refractivity contribution in [2.45, 2.75) is 43.7 Å². The van der Waals surface area contributed by atoms with Crippen LogP contribution in [0.1, 0.15) is 42.1 Å². The molecule has 1 aliphatic heterocycles. The van der Waals surface area contributed by atoms with E-state index in [1.165, 1.54) is 27.4 Å². The van der Waals surface area contributed by atoms with Crippen molar-refractivity contribution in [3.8, 4) is 0 Å². The summed E-state index contributed by atoms with van der Waals surface area (Å²) in [6, 6.07) is 12.3. The summed E-state index contributed by atoms with van der Waals surface area (Å²) in [5, 5.41) is 0. The van der Waals surface area contributed by atoms with Gasteiger partial charge >= 0.3 is 0 Å². The van der Waals surface area contributed by atoms with Crippen LogP contribution in [0.15, 0.2) is 53.4 Å². The number of benzene rings is 2. The lowest BCUT2D eigenvalue weighted by Crippen LogP contribution is -2.42. The minimum absolute atomic E-state index is 0.0539. The number of rotatable bonds is 5. The highest BCUT2D eigenvalue weighted by atomic mass is 32.2. The molecule has 0 aromatic heterocycles. The van der Waals surface area contributed by atoms with Crippen molar-refractivity contribution < 1.29 is 17.6 Å². The SMILES string of the molecule is CC1CCCCN1S(=O)(=O)c1cccc(C(=O)N(C)Cc2ccccc2F)c1. The van der Waals surface area contributed by atoms with E-state index in [-0.39, 0.29) is 34.8 Å².